The molecule has 30 heavy (non-hydrogen) atoms. The van der Waals surface area contributed by atoms with E-state index in [0.29, 0.717) is 16.5 Å². The molecule has 1 aromatic heterocycles. The fourth-order valence-corrected chi connectivity index (χ4v) is 3.61. The number of nitrogens with zero attached hydrogens (tertiary/aromatic N) is 2. The van der Waals surface area contributed by atoms with Crippen molar-refractivity contribution >= 4 is 10.9 Å². The number of para-hydroxylation sites is 1. The molecule has 4 aromatic rings. The van der Waals surface area contributed by atoms with Crippen LogP contribution in [0, 0.1) is 6.92 Å². The van der Waals surface area contributed by atoms with Crippen molar-refractivity contribution < 1.29 is 23.0 Å². The quantitative estimate of drug-likeness (QED) is 0.505. The van der Waals surface area contributed by atoms with Gasteiger partial charge in [0.1, 0.15) is 5.75 Å². The molecule has 3 aromatic carbocycles. The number of hydrogen-bond donors (Lipinski definition) is 1. The molecule has 0 saturated heterocycles. The third-order valence-corrected chi connectivity index (χ3v) is 5.14. The lowest BCUT2D eigenvalue weighted by Crippen LogP contribution is -2.43. The maximum absolute atomic E-state index is 14.3. The molecule has 0 spiro atoms. The first kappa shape index (κ1) is 20.0. The number of aryl methyl sites for hydroxylation is 1. The van der Waals surface area contributed by atoms with E-state index in [1.807, 2.05) is 30.3 Å². The Morgan fingerprint density at radius 2 is 1.70 bits per heavy atom. The van der Waals surface area contributed by atoms with Gasteiger partial charge >= 0.3 is 6.18 Å². The van der Waals surface area contributed by atoms with Crippen molar-refractivity contribution in [3.05, 3.63) is 89.6 Å². The number of aliphatic hydroxyl groups is 1. The highest BCUT2D eigenvalue weighted by Gasteiger charge is 2.57. The Kier molecular flexibility index (Phi) is 4.78. The molecule has 7 heteroatoms. The van der Waals surface area contributed by atoms with E-state index in [1.54, 1.807) is 17.7 Å². The van der Waals surface area contributed by atoms with Crippen LogP contribution in [0.25, 0.3) is 16.6 Å². The summed E-state index contributed by atoms with van der Waals surface area (Å²) in [7, 11) is 1.28. The van der Waals surface area contributed by atoms with Crippen molar-refractivity contribution in [2.24, 2.45) is 0 Å². The van der Waals surface area contributed by atoms with Crippen molar-refractivity contribution in [2.45, 2.75) is 18.7 Å². The number of hydrogen-bond acceptors (Lipinski definition) is 3. The highest BCUT2D eigenvalue weighted by molar-refractivity contribution is 5.81. The first-order valence-corrected chi connectivity index (χ1v) is 9.23. The van der Waals surface area contributed by atoms with Crippen LogP contribution in [-0.2, 0) is 5.60 Å². The molecule has 1 heterocycles. The summed E-state index contributed by atoms with van der Waals surface area (Å²) < 4.78 is 49.6. The first-order chi connectivity index (χ1) is 14.3. The number of methoxy groups -OCH3 is 1. The zero-order valence-corrected chi connectivity index (χ0v) is 16.3. The number of aromatic nitrogens is 2. The van der Waals surface area contributed by atoms with Gasteiger partial charge in [-0.3, -0.25) is 0 Å². The molecule has 4 nitrogen and oxygen atoms in total. The van der Waals surface area contributed by atoms with Gasteiger partial charge in [-0.1, -0.05) is 35.9 Å². The molecule has 1 atom stereocenters. The summed E-state index contributed by atoms with van der Waals surface area (Å²) >= 11 is 0. The normalized spacial score (nSPS) is 13.9. The minimum absolute atomic E-state index is 0.0412. The van der Waals surface area contributed by atoms with Crippen molar-refractivity contribution in [2.75, 3.05) is 7.11 Å². The highest BCUT2D eigenvalue weighted by atomic mass is 19.4. The summed E-state index contributed by atoms with van der Waals surface area (Å²) in [5.41, 5.74) is -1.91. The summed E-state index contributed by atoms with van der Waals surface area (Å²) in [6.45, 7) is 1.66. The van der Waals surface area contributed by atoms with E-state index in [2.05, 4.69) is 5.10 Å². The summed E-state index contributed by atoms with van der Waals surface area (Å²) in [5, 5.41) is 15.9. The smallest absolute Gasteiger partial charge is 0.425 e. The molecule has 0 saturated carbocycles. The van der Waals surface area contributed by atoms with Crippen LogP contribution in [0.15, 0.2) is 72.9 Å². The van der Waals surface area contributed by atoms with E-state index in [1.165, 1.54) is 43.6 Å². The van der Waals surface area contributed by atoms with Crippen LogP contribution >= 0.6 is 0 Å². The Bertz CT molecular complexity index is 1200. The van der Waals surface area contributed by atoms with E-state index >= 15 is 0 Å². The maximum atomic E-state index is 14.3. The second-order valence-electron chi connectivity index (χ2n) is 7.08. The predicted molar refractivity (Wildman–Crippen MR) is 108 cm³/mol. The van der Waals surface area contributed by atoms with E-state index in [0.717, 1.165) is 5.69 Å². The molecule has 0 aliphatic carbocycles. The van der Waals surface area contributed by atoms with Crippen LogP contribution in [0.3, 0.4) is 0 Å². The second kappa shape index (κ2) is 7.18. The lowest BCUT2D eigenvalue weighted by molar-refractivity contribution is -0.248. The molecule has 0 fully saturated rings. The summed E-state index contributed by atoms with van der Waals surface area (Å²) in [6.07, 6.45) is -3.49. The standard InChI is InChI=1S/C23H19F3N2O2/c1-15-8-11-21(30-2)19(12-15)22(29,23(24,25)26)17-9-10-20-16(13-17)14-27-28(20)18-6-4-3-5-7-18/h3-14,29H,1-2H3. The number of fused-ring (bicyclic) bond motifs is 1. The van der Waals surface area contributed by atoms with Crippen molar-refractivity contribution in [1.29, 1.82) is 0 Å². The Morgan fingerprint density at radius 1 is 0.967 bits per heavy atom. The van der Waals surface area contributed by atoms with Crippen LogP contribution < -0.4 is 4.74 Å². The van der Waals surface area contributed by atoms with Crippen molar-refractivity contribution in [3.8, 4) is 11.4 Å². The number of rotatable bonds is 4. The molecule has 4 rings (SSSR count). The SMILES string of the molecule is COc1ccc(C)cc1C(O)(c1ccc2c(cnn2-c2ccccc2)c1)C(F)(F)F. The molecule has 0 aliphatic heterocycles. The largest absolute Gasteiger partial charge is 0.496 e. The molecule has 1 unspecified atom stereocenters. The van der Waals surface area contributed by atoms with Gasteiger partial charge in [0.15, 0.2) is 0 Å². The summed E-state index contributed by atoms with van der Waals surface area (Å²) in [5.74, 6) is -0.0412. The fraction of sp³-hybridized carbons (Fsp3) is 0.174. The average Bonchev–Trinajstić information content (AvgIpc) is 3.16. The zero-order valence-electron chi connectivity index (χ0n) is 16.3. The molecule has 0 bridgehead atoms. The molecule has 154 valence electrons. The first-order valence-electron chi connectivity index (χ1n) is 9.23. The molecule has 0 radical (unpaired) electrons. The lowest BCUT2D eigenvalue weighted by atomic mass is 9.84. The topological polar surface area (TPSA) is 47.3 Å². The van der Waals surface area contributed by atoms with Gasteiger partial charge in [0.05, 0.1) is 24.5 Å². The molecular weight excluding hydrogens is 393 g/mol. The van der Waals surface area contributed by atoms with E-state index < -0.39 is 11.8 Å². The Morgan fingerprint density at radius 3 is 2.37 bits per heavy atom. The zero-order chi connectivity index (χ0) is 21.5. The lowest BCUT2D eigenvalue weighted by Gasteiger charge is -2.33. The van der Waals surface area contributed by atoms with Gasteiger partial charge in [-0.2, -0.15) is 18.3 Å². The minimum Gasteiger partial charge on any atom is -0.496 e. The van der Waals surface area contributed by atoms with Crippen molar-refractivity contribution in [1.82, 2.24) is 9.78 Å². The molecular formula is C23H19F3N2O2. The fourth-order valence-electron chi connectivity index (χ4n) is 3.61. The van der Waals surface area contributed by atoms with Crippen LogP contribution in [0.1, 0.15) is 16.7 Å². The van der Waals surface area contributed by atoms with Gasteiger partial charge in [0, 0.05) is 10.9 Å². The molecule has 0 amide bonds. The average molecular weight is 412 g/mol. The van der Waals surface area contributed by atoms with Crippen LogP contribution in [0.4, 0.5) is 13.2 Å². The molecule has 1 N–H and O–H groups in total. The van der Waals surface area contributed by atoms with Crippen molar-refractivity contribution in [3.63, 3.8) is 0 Å². The number of alkyl halides is 3. The Labute approximate surface area is 171 Å². The van der Waals surface area contributed by atoms with E-state index in [4.69, 9.17) is 4.74 Å². The van der Waals surface area contributed by atoms with Gasteiger partial charge in [0.2, 0.25) is 5.60 Å². The second-order valence-corrected chi connectivity index (χ2v) is 7.08. The van der Waals surface area contributed by atoms with Gasteiger partial charge in [-0.25, -0.2) is 4.68 Å². The van der Waals surface area contributed by atoms with Crippen LogP contribution in [0.2, 0.25) is 0 Å². The number of halogens is 3. The van der Waals surface area contributed by atoms with Gasteiger partial charge in [-0.05, 0) is 48.9 Å². The van der Waals surface area contributed by atoms with Crippen LogP contribution in [0.5, 0.6) is 5.75 Å². The number of ether oxygens (including phenoxy) is 1. The highest BCUT2D eigenvalue weighted by Crippen LogP contribution is 2.48. The summed E-state index contributed by atoms with van der Waals surface area (Å²) in [4.78, 5) is 0. The predicted octanol–water partition coefficient (Wildman–Crippen LogP) is 5.14. The minimum atomic E-state index is -4.98. The third-order valence-electron chi connectivity index (χ3n) is 5.14. The Hall–Kier alpha value is -3.32. The maximum Gasteiger partial charge on any atom is 0.425 e. The van der Waals surface area contributed by atoms with Crippen LogP contribution in [-0.4, -0.2) is 28.2 Å². The Balaban J connectivity index is 1.92. The van der Waals surface area contributed by atoms with E-state index in [-0.39, 0.29) is 16.9 Å². The van der Waals surface area contributed by atoms with Gasteiger partial charge in [-0.15, -0.1) is 0 Å². The molecule has 0 aliphatic rings. The van der Waals surface area contributed by atoms with E-state index in [9.17, 15) is 18.3 Å². The summed E-state index contributed by atoms with van der Waals surface area (Å²) in [6, 6.07) is 17.7. The number of benzene rings is 3. The van der Waals surface area contributed by atoms with Gasteiger partial charge < -0.3 is 9.84 Å². The third kappa shape index (κ3) is 3.11. The monoisotopic (exact) mass is 412 g/mol. The van der Waals surface area contributed by atoms with Gasteiger partial charge in [0.25, 0.3) is 0 Å².